The molecule has 1 N–H and O–H groups in total. The van der Waals surface area contributed by atoms with Crippen molar-refractivity contribution in [3.05, 3.63) is 94.5 Å². The molecule has 3 aromatic rings. The average Bonchev–Trinajstić information content (AvgIpc) is 2.88. The number of rotatable bonds is 10. The molecule has 0 saturated heterocycles. The number of carbonyl (C=O) groups is 2. The number of halogens is 1. The van der Waals surface area contributed by atoms with Crippen molar-refractivity contribution in [1.29, 1.82) is 0 Å². The fourth-order valence-corrected chi connectivity index (χ4v) is 5.46. The number of hydrogen-bond donors (Lipinski definition) is 1. The summed E-state index contributed by atoms with van der Waals surface area (Å²) in [4.78, 5) is 28.3. The third-order valence-electron chi connectivity index (χ3n) is 6.25. The van der Waals surface area contributed by atoms with Gasteiger partial charge in [-0.25, -0.2) is 8.42 Å². The molecule has 2 amide bonds. The van der Waals surface area contributed by atoms with Crippen molar-refractivity contribution in [2.24, 2.45) is 0 Å². The predicted octanol–water partition coefficient (Wildman–Crippen LogP) is 5.09. The first-order chi connectivity index (χ1) is 17.9. The van der Waals surface area contributed by atoms with Crippen molar-refractivity contribution in [3.8, 4) is 0 Å². The van der Waals surface area contributed by atoms with E-state index in [4.69, 9.17) is 11.6 Å². The minimum Gasteiger partial charge on any atom is -0.352 e. The molecule has 0 aliphatic heterocycles. The molecule has 0 spiro atoms. The monoisotopic (exact) mass is 555 g/mol. The van der Waals surface area contributed by atoms with E-state index in [1.165, 1.54) is 17.0 Å². The number of sulfonamides is 1. The molecule has 0 aliphatic carbocycles. The van der Waals surface area contributed by atoms with Gasteiger partial charge in [0, 0.05) is 17.6 Å². The maximum atomic E-state index is 13.9. The Morgan fingerprint density at radius 1 is 0.895 bits per heavy atom. The van der Waals surface area contributed by atoms with E-state index in [0.717, 1.165) is 21.0 Å². The van der Waals surface area contributed by atoms with Crippen LogP contribution in [-0.4, -0.2) is 43.8 Å². The van der Waals surface area contributed by atoms with Gasteiger partial charge < -0.3 is 10.2 Å². The van der Waals surface area contributed by atoms with Crippen LogP contribution in [0.3, 0.4) is 0 Å². The molecule has 3 aromatic carbocycles. The maximum absolute atomic E-state index is 13.9. The number of hydrogen-bond acceptors (Lipinski definition) is 4. The summed E-state index contributed by atoms with van der Waals surface area (Å²) in [6, 6.07) is 19.3. The van der Waals surface area contributed by atoms with Crippen LogP contribution in [0.1, 0.15) is 37.5 Å². The highest BCUT2D eigenvalue weighted by atomic mass is 35.5. The van der Waals surface area contributed by atoms with Gasteiger partial charge in [0.15, 0.2) is 0 Å². The van der Waals surface area contributed by atoms with Gasteiger partial charge in [-0.1, -0.05) is 48.0 Å². The molecule has 0 saturated carbocycles. The maximum Gasteiger partial charge on any atom is 0.264 e. The van der Waals surface area contributed by atoms with Crippen molar-refractivity contribution in [2.75, 3.05) is 10.8 Å². The van der Waals surface area contributed by atoms with Gasteiger partial charge in [-0.05, 0) is 87.7 Å². The number of benzene rings is 3. The molecule has 0 bridgehead atoms. The molecule has 1 atom stereocenters. The molecule has 9 heteroatoms. The summed E-state index contributed by atoms with van der Waals surface area (Å²) in [5.41, 5.74) is 3.03. The summed E-state index contributed by atoms with van der Waals surface area (Å²) in [7, 11) is -4.09. The van der Waals surface area contributed by atoms with Crippen molar-refractivity contribution in [2.45, 2.75) is 58.1 Å². The van der Waals surface area contributed by atoms with Gasteiger partial charge >= 0.3 is 0 Å². The lowest BCUT2D eigenvalue weighted by Crippen LogP contribution is -2.52. The second kappa shape index (κ2) is 12.5. The van der Waals surface area contributed by atoms with Gasteiger partial charge in [0.25, 0.3) is 10.0 Å². The van der Waals surface area contributed by atoms with Gasteiger partial charge in [0.2, 0.25) is 11.8 Å². The highest BCUT2D eigenvalue weighted by Gasteiger charge is 2.32. The van der Waals surface area contributed by atoms with Gasteiger partial charge in [-0.3, -0.25) is 13.9 Å². The van der Waals surface area contributed by atoms with Gasteiger partial charge in [-0.2, -0.15) is 0 Å². The van der Waals surface area contributed by atoms with Crippen LogP contribution in [0, 0.1) is 13.8 Å². The highest BCUT2D eigenvalue weighted by Crippen LogP contribution is 2.26. The molecule has 0 radical (unpaired) electrons. The fourth-order valence-electron chi connectivity index (χ4n) is 3.90. The van der Waals surface area contributed by atoms with Crippen LogP contribution in [0.25, 0.3) is 0 Å². The van der Waals surface area contributed by atoms with Crippen molar-refractivity contribution < 1.29 is 18.0 Å². The Balaban J connectivity index is 2.04. The standard InChI is InChI=1S/C29H34ClN3O4S/c1-20(2)31-29(35)23(5)32(18-24-12-14-25(30)15-13-24)28(34)19-33(26-16-11-21(3)22(4)17-26)38(36,37)27-9-7-6-8-10-27/h6-17,20,23H,18-19H2,1-5H3,(H,31,35)/t23-/m0/s1. The van der Waals surface area contributed by atoms with E-state index in [1.54, 1.807) is 61.5 Å². The Labute approximate surface area is 230 Å². The number of nitrogens with one attached hydrogen (secondary N) is 1. The Kier molecular flexibility index (Phi) is 9.57. The molecule has 0 heterocycles. The lowest BCUT2D eigenvalue weighted by Gasteiger charge is -2.32. The highest BCUT2D eigenvalue weighted by molar-refractivity contribution is 7.92. The average molecular weight is 556 g/mol. The smallest absolute Gasteiger partial charge is 0.264 e. The van der Waals surface area contributed by atoms with E-state index < -0.39 is 28.5 Å². The van der Waals surface area contributed by atoms with E-state index in [1.807, 2.05) is 33.8 Å². The largest absolute Gasteiger partial charge is 0.352 e. The summed E-state index contributed by atoms with van der Waals surface area (Å²) in [5.74, 6) is -0.838. The minimum absolute atomic E-state index is 0.0703. The number of amides is 2. The lowest BCUT2D eigenvalue weighted by atomic mass is 10.1. The first kappa shape index (κ1) is 29.2. The molecule has 7 nitrogen and oxygen atoms in total. The zero-order valence-corrected chi connectivity index (χ0v) is 23.9. The number of aryl methyl sites for hydroxylation is 2. The van der Waals surface area contributed by atoms with E-state index in [2.05, 4.69) is 5.32 Å². The Morgan fingerprint density at radius 2 is 1.53 bits per heavy atom. The number of carbonyl (C=O) groups excluding carboxylic acids is 2. The topological polar surface area (TPSA) is 86.8 Å². The molecule has 202 valence electrons. The summed E-state index contributed by atoms with van der Waals surface area (Å²) in [6.07, 6.45) is 0. The van der Waals surface area contributed by atoms with Crippen molar-refractivity contribution >= 4 is 39.1 Å². The Bertz CT molecular complexity index is 1380. The van der Waals surface area contributed by atoms with Crippen LogP contribution in [0.5, 0.6) is 0 Å². The van der Waals surface area contributed by atoms with Crippen molar-refractivity contribution in [3.63, 3.8) is 0 Å². The zero-order valence-electron chi connectivity index (χ0n) is 22.3. The molecule has 38 heavy (non-hydrogen) atoms. The Hall–Kier alpha value is -3.36. The van der Waals surface area contributed by atoms with Crippen LogP contribution < -0.4 is 9.62 Å². The summed E-state index contributed by atoms with van der Waals surface area (Å²) >= 11 is 6.03. The quantitative estimate of drug-likeness (QED) is 0.377. The molecule has 0 fully saturated rings. The number of anilines is 1. The van der Waals surface area contributed by atoms with Gasteiger partial charge in [-0.15, -0.1) is 0 Å². The van der Waals surface area contributed by atoms with Gasteiger partial charge in [0.1, 0.15) is 12.6 Å². The summed E-state index contributed by atoms with van der Waals surface area (Å²) in [6.45, 7) is 8.76. The van der Waals surface area contributed by atoms with Crippen LogP contribution in [0.2, 0.25) is 5.02 Å². The molecule has 3 rings (SSSR count). The predicted molar refractivity (Wildman–Crippen MR) is 152 cm³/mol. The molecule has 0 aromatic heterocycles. The van der Waals surface area contributed by atoms with Crippen LogP contribution >= 0.6 is 11.6 Å². The molecule has 0 unspecified atom stereocenters. The summed E-state index contributed by atoms with van der Waals surface area (Å²) < 4.78 is 28.7. The van der Waals surface area contributed by atoms with E-state index in [0.29, 0.717) is 10.7 Å². The second-order valence-corrected chi connectivity index (χ2v) is 11.9. The molecular formula is C29H34ClN3O4S. The van der Waals surface area contributed by atoms with Crippen LogP contribution in [-0.2, 0) is 26.2 Å². The third-order valence-corrected chi connectivity index (χ3v) is 8.29. The van der Waals surface area contributed by atoms with Crippen molar-refractivity contribution in [1.82, 2.24) is 10.2 Å². The van der Waals surface area contributed by atoms with Crippen LogP contribution in [0.4, 0.5) is 5.69 Å². The van der Waals surface area contributed by atoms with Crippen LogP contribution in [0.15, 0.2) is 77.7 Å². The normalized spacial score (nSPS) is 12.2. The third kappa shape index (κ3) is 7.14. The fraction of sp³-hybridized carbons (Fsp3) is 0.310. The number of nitrogens with zero attached hydrogens (tertiary/aromatic N) is 2. The van der Waals surface area contributed by atoms with E-state index >= 15 is 0 Å². The minimum atomic E-state index is -4.09. The SMILES string of the molecule is Cc1ccc(N(CC(=O)N(Cc2ccc(Cl)cc2)[C@@H](C)C(=O)NC(C)C)S(=O)(=O)c2ccccc2)cc1C. The summed E-state index contributed by atoms with van der Waals surface area (Å²) in [5, 5.41) is 3.39. The zero-order chi connectivity index (χ0) is 28.0. The molecule has 0 aliphatic rings. The lowest BCUT2D eigenvalue weighted by molar-refractivity contribution is -0.139. The van der Waals surface area contributed by atoms with Gasteiger partial charge in [0.05, 0.1) is 10.6 Å². The first-order valence-corrected chi connectivity index (χ1v) is 14.2. The van der Waals surface area contributed by atoms with E-state index in [-0.39, 0.29) is 23.4 Å². The Morgan fingerprint density at radius 3 is 2.11 bits per heavy atom. The van der Waals surface area contributed by atoms with E-state index in [9.17, 15) is 18.0 Å². The first-order valence-electron chi connectivity index (χ1n) is 12.4. The molecular weight excluding hydrogens is 522 g/mol. The second-order valence-electron chi connectivity index (χ2n) is 9.58.